The number of fused-ring (bicyclic) bond motifs is 1. The molecule has 1 heterocycles. The average molecular weight is 280 g/mol. The highest BCUT2D eigenvalue weighted by atomic mass is 32.1. The molecule has 0 saturated heterocycles. The second-order valence-corrected chi connectivity index (χ2v) is 4.29. The van der Waals surface area contributed by atoms with Crippen LogP contribution in [0.1, 0.15) is 0 Å². The fraction of sp³-hybridized carbons (Fsp3) is 0.250. The van der Waals surface area contributed by atoms with Gasteiger partial charge in [-0.05, 0) is 18.2 Å². The Morgan fingerprint density at radius 2 is 2.11 bits per heavy atom. The van der Waals surface area contributed by atoms with Crippen molar-refractivity contribution in [3.8, 4) is 5.88 Å². The fourth-order valence-corrected chi connectivity index (χ4v) is 1.89. The van der Waals surface area contributed by atoms with Gasteiger partial charge in [0.1, 0.15) is 6.54 Å². The number of nitrogens with zero attached hydrogens (tertiary/aromatic N) is 2. The number of rotatable bonds is 3. The third-order valence-corrected chi connectivity index (χ3v) is 2.89. The number of carbonyl (C=O) groups excluding carboxylic acids is 1. The highest BCUT2D eigenvalue weighted by molar-refractivity contribution is 7.80. The molecule has 0 spiro atoms. The Labute approximate surface area is 114 Å². The molecule has 0 amide bonds. The first kappa shape index (κ1) is 13.4. The summed E-state index contributed by atoms with van der Waals surface area (Å²) in [6, 6.07) is 5.00. The average Bonchev–Trinajstić information content (AvgIpc) is 2.41. The van der Waals surface area contributed by atoms with Crippen molar-refractivity contribution in [1.29, 1.82) is 0 Å². The van der Waals surface area contributed by atoms with E-state index in [9.17, 15) is 9.59 Å². The Morgan fingerprint density at radius 1 is 1.37 bits per heavy atom. The summed E-state index contributed by atoms with van der Waals surface area (Å²) < 4.78 is 10.7. The highest BCUT2D eigenvalue weighted by Gasteiger charge is 2.13. The standard InChI is InChI=1S/C12H12N2O4S/c1-17-10(15)6-14-12(16)8-4-3-7(19)5-9(8)11(13-14)18-2/h3-5,19H,6H2,1-2H3. The number of thiol groups is 1. The Kier molecular flexibility index (Phi) is 3.75. The number of hydrogen-bond donors (Lipinski definition) is 1. The third-order valence-electron chi connectivity index (χ3n) is 2.61. The van der Waals surface area contributed by atoms with E-state index in [1.807, 2.05) is 0 Å². The minimum Gasteiger partial charge on any atom is -0.480 e. The fourth-order valence-electron chi connectivity index (χ4n) is 1.69. The van der Waals surface area contributed by atoms with Crippen LogP contribution in [0.2, 0.25) is 0 Å². The van der Waals surface area contributed by atoms with E-state index in [0.29, 0.717) is 15.7 Å². The molecule has 0 aliphatic rings. The molecule has 0 aliphatic carbocycles. The van der Waals surface area contributed by atoms with E-state index < -0.39 is 5.97 Å². The van der Waals surface area contributed by atoms with Crippen LogP contribution in [-0.2, 0) is 16.1 Å². The summed E-state index contributed by atoms with van der Waals surface area (Å²) in [5.41, 5.74) is -0.380. The Balaban J connectivity index is 2.68. The molecule has 0 atom stereocenters. The topological polar surface area (TPSA) is 70.4 Å². The number of hydrogen-bond acceptors (Lipinski definition) is 6. The zero-order chi connectivity index (χ0) is 14.0. The van der Waals surface area contributed by atoms with Gasteiger partial charge in [-0.25, -0.2) is 4.68 Å². The first-order valence-electron chi connectivity index (χ1n) is 5.41. The van der Waals surface area contributed by atoms with E-state index in [0.717, 1.165) is 4.68 Å². The summed E-state index contributed by atoms with van der Waals surface area (Å²) in [4.78, 5) is 24.1. The smallest absolute Gasteiger partial charge is 0.327 e. The van der Waals surface area contributed by atoms with Crippen molar-refractivity contribution in [3.63, 3.8) is 0 Å². The predicted octanol–water partition coefficient (Wildman–Crippen LogP) is 0.867. The second kappa shape index (κ2) is 5.31. The number of methoxy groups -OCH3 is 2. The molecule has 19 heavy (non-hydrogen) atoms. The van der Waals surface area contributed by atoms with Crippen LogP contribution in [-0.4, -0.2) is 30.0 Å². The normalized spacial score (nSPS) is 10.5. The lowest BCUT2D eigenvalue weighted by Gasteiger charge is -2.09. The van der Waals surface area contributed by atoms with Gasteiger partial charge < -0.3 is 9.47 Å². The molecule has 0 saturated carbocycles. The van der Waals surface area contributed by atoms with Crippen molar-refractivity contribution in [2.75, 3.05) is 14.2 Å². The molecule has 0 N–H and O–H groups in total. The molecular weight excluding hydrogens is 268 g/mol. The molecule has 100 valence electrons. The third kappa shape index (κ3) is 2.55. The quantitative estimate of drug-likeness (QED) is 0.667. The van der Waals surface area contributed by atoms with Crippen LogP contribution in [0, 0.1) is 0 Å². The van der Waals surface area contributed by atoms with Crippen LogP contribution in [0.5, 0.6) is 5.88 Å². The SMILES string of the molecule is COC(=O)Cn1nc(OC)c2cc(S)ccc2c1=O. The zero-order valence-corrected chi connectivity index (χ0v) is 11.3. The van der Waals surface area contributed by atoms with Crippen molar-refractivity contribution in [3.05, 3.63) is 28.6 Å². The lowest BCUT2D eigenvalue weighted by Crippen LogP contribution is -2.27. The molecule has 2 aromatic rings. The maximum atomic E-state index is 12.2. The molecular formula is C12H12N2O4S. The van der Waals surface area contributed by atoms with E-state index in [2.05, 4.69) is 22.5 Å². The minimum absolute atomic E-state index is 0.259. The van der Waals surface area contributed by atoms with Crippen molar-refractivity contribution < 1.29 is 14.3 Å². The van der Waals surface area contributed by atoms with E-state index in [1.54, 1.807) is 18.2 Å². The van der Waals surface area contributed by atoms with Crippen molar-refractivity contribution in [2.45, 2.75) is 11.4 Å². The van der Waals surface area contributed by atoms with E-state index in [-0.39, 0.29) is 18.0 Å². The summed E-state index contributed by atoms with van der Waals surface area (Å²) in [5, 5.41) is 4.96. The van der Waals surface area contributed by atoms with Gasteiger partial charge in [-0.1, -0.05) is 0 Å². The molecule has 6 nitrogen and oxygen atoms in total. The van der Waals surface area contributed by atoms with Crippen LogP contribution in [0.15, 0.2) is 27.9 Å². The molecule has 1 aromatic carbocycles. The maximum absolute atomic E-state index is 12.2. The summed E-state index contributed by atoms with van der Waals surface area (Å²) in [6.45, 7) is -0.260. The van der Waals surface area contributed by atoms with E-state index >= 15 is 0 Å². The maximum Gasteiger partial charge on any atom is 0.327 e. The first-order valence-corrected chi connectivity index (χ1v) is 5.86. The molecule has 0 fully saturated rings. The van der Waals surface area contributed by atoms with Crippen molar-refractivity contribution in [2.24, 2.45) is 0 Å². The second-order valence-electron chi connectivity index (χ2n) is 3.78. The first-order chi connectivity index (χ1) is 9.06. The molecule has 0 radical (unpaired) electrons. The van der Waals surface area contributed by atoms with Gasteiger partial charge in [0.25, 0.3) is 5.56 Å². The highest BCUT2D eigenvalue weighted by Crippen LogP contribution is 2.22. The summed E-state index contributed by atoms with van der Waals surface area (Å²) >= 11 is 4.21. The molecule has 0 aliphatic heterocycles. The number of benzene rings is 1. The van der Waals surface area contributed by atoms with Gasteiger partial charge in [0, 0.05) is 4.90 Å². The number of esters is 1. The molecule has 0 unspecified atom stereocenters. The minimum atomic E-state index is -0.554. The van der Waals surface area contributed by atoms with Gasteiger partial charge >= 0.3 is 5.97 Å². The largest absolute Gasteiger partial charge is 0.480 e. The number of ether oxygens (including phenoxy) is 2. The molecule has 2 rings (SSSR count). The van der Waals surface area contributed by atoms with Crippen LogP contribution >= 0.6 is 12.6 Å². The van der Waals surface area contributed by atoms with E-state index in [1.165, 1.54) is 14.2 Å². The predicted molar refractivity (Wildman–Crippen MR) is 71.8 cm³/mol. The van der Waals surface area contributed by atoms with Crippen LogP contribution < -0.4 is 10.3 Å². The van der Waals surface area contributed by atoms with Gasteiger partial charge in [0.05, 0.1) is 25.0 Å². The van der Waals surface area contributed by atoms with Crippen LogP contribution in [0.25, 0.3) is 10.8 Å². The van der Waals surface area contributed by atoms with Crippen LogP contribution in [0.4, 0.5) is 0 Å². The van der Waals surface area contributed by atoms with Gasteiger partial charge in [-0.3, -0.25) is 9.59 Å². The lowest BCUT2D eigenvalue weighted by molar-refractivity contribution is -0.141. The monoisotopic (exact) mass is 280 g/mol. The number of carbonyl (C=O) groups is 1. The van der Waals surface area contributed by atoms with Gasteiger partial charge in [0.2, 0.25) is 5.88 Å². The summed E-state index contributed by atoms with van der Waals surface area (Å²) in [5.74, 6) is -0.295. The van der Waals surface area contributed by atoms with Crippen LogP contribution in [0.3, 0.4) is 0 Å². The summed E-state index contributed by atoms with van der Waals surface area (Å²) in [7, 11) is 2.69. The van der Waals surface area contributed by atoms with Crippen molar-refractivity contribution >= 4 is 29.4 Å². The van der Waals surface area contributed by atoms with Gasteiger partial charge in [-0.2, -0.15) is 0 Å². The lowest BCUT2D eigenvalue weighted by atomic mass is 10.2. The Hall–Kier alpha value is -2.02. The molecule has 0 bridgehead atoms. The van der Waals surface area contributed by atoms with E-state index in [4.69, 9.17) is 4.74 Å². The Morgan fingerprint density at radius 3 is 2.74 bits per heavy atom. The van der Waals surface area contributed by atoms with Gasteiger partial charge in [0.15, 0.2) is 0 Å². The summed E-state index contributed by atoms with van der Waals surface area (Å²) in [6.07, 6.45) is 0. The number of aromatic nitrogens is 2. The van der Waals surface area contributed by atoms with Crippen molar-refractivity contribution in [1.82, 2.24) is 9.78 Å². The zero-order valence-electron chi connectivity index (χ0n) is 10.4. The Bertz CT molecular complexity index is 696. The molecule has 1 aromatic heterocycles. The molecule has 7 heteroatoms. The van der Waals surface area contributed by atoms with Gasteiger partial charge in [-0.15, -0.1) is 17.7 Å².